The molecule has 1 aliphatic carbocycles. The second-order valence-corrected chi connectivity index (χ2v) is 9.40. The molecule has 2 heterocycles. The van der Waals surface area contributed by atoms with E-state index in [9.17, 15) is 0 Å². The van der Waals surface area contributed by atoms with Gasteiger partial charge in [-0.05, 0) is 46.5 Å². The quantitative estimate of drug-likeness (QED) is 0.255. The molecule has 174 valence electrons. The lowest BCUT2D eigenvalue weighted by molar-refractivity contribution is 0.435. The van der Waals surface area contributed by atoms with Gasteiger partial charge in [-0.25, -0.2) is 0 Å². The van der Waals surface area contributed by atoms with Crippen molar-refractivity contribution in [1.82, 2.24) is 10.2 Å². The molecular weight excluding hydrogens is 456 g/mol. The lowest BCUT2D eigenvalue weighted by Crippen LogP contribution is -2.32. The Morgan fingerprint density at radius 2 is 1.03 bits per heavy atom. The third-order valence-corrected chi connectivity index (χ3v) is 7.55. The molecule has 5 aromatic carbocycles. The maximum atomic E-state index is 6.67. The zero-order chi connectivity index (χ0) is 24.4. The molecule has 1 aliphatic heterocycles. The highest BCUT2D eigenvalue weighted by Crippen LogP contribution is 2.62. The van der Waals surface area contributed by atoms with Crippen molar-refractivity contribution in [2.45, 2.75) is 5.41 Å². The summed E-state index contributed by atoms with van der Waals surface area (Å²) >= 11 is 0. The van der Waals surface area contributed by atoms with Crippen molar-refractivity contribution in [2.75, 3.05) is 0 Å². The fourth-order valence-corrected chi connectivity index (χ4v) is 6.08. The largest absolute Gasteiger partial charge is 0.456 e. The third kappa shape index (κ3) is 2.67. The molecule has 0 N–H and O–H groups in total. The first-order chi connectivity index (χ1) is 18.4. The highest BCUT2D eigenvalue weighted by Gasteiger charge is 2.51. The summed E-state index contributed by atoms with van der Waals surface area (Å²) in [5, 5.41) is 8.78. The maximum absolute atomic E-state index is 6.67. The van der Waals surface area contributed by atoms with Gasteiger partial charge in [-0.2, -0.15) is 0 Å². The van der Waals surface area contributed by atoms with E-state index in [2.05, 4.69) is 83.0 Å². The number of hydrogen-bond acceptors (Lipinski definition) is 4. The number of para-hydroxylation sites is 2. The van der Waals surface area contributed by atoms with E-state index in [0.29, 0.717) is 11.8 Å². The summed E-state index contributed by atoms with van der Waals surface area (Å²) in [6.07, 6.45) is 0. The van der Waals surface area contributed by atoms with Gasteiger partial charge in [0.2, 0.25) is 5.89 Å². The van der Waals surface area contributed by atoms with Crippen molar-refractivity contribution in [3.63, 3.8) is 0 Å². The van der Waals surface area contributed by atoms with Gasteiger partial charge in [0.1, 0.15) is 11.5 Å². The van der Waals surface area contributed by atoms with Crippen molar-refractivity contribution in [2.24, 2.45) is 0 Å². The zero-order valence-electron chi connectivity index (χ0n) is 19.8. The fraction of sp³-hybridized carbons (Fsp3) is 0.0303. The molecule has 1 spiro atoms. The molecule has 37 heavy (non-hydrogen) atoms. The van der Waals surface area contributed by atoms with Crippen LogP contribution in [0.15, 0.2) is 126 Å². The molecule has 8 rings (SSSR count). The number of rotatable bonds is 2. The Hall–Kier alpha value is -4.96. The second kappa shape index (κ2) is 7.52. The molecule has 1 aromatic heterocycles. The summed E-state index contributed by atoms with van der Waals surface area (Å²) in [5.41, 5.74) is 8.34. The van der Waals surface area contributed by atoms with Gasteiger partial charge in [-0.1, -0.05) is 97.1 Å². The molecular formula is C33H20N2O2. The van der Waals surface area contributed by atoms with Gasteiger partial charge in [0.05, 0.1) is 11.0 Å². The number of nitrogens with zero attached hydrogens (tertiary/aromatic N) is 2. The minimum absolute atomic E-state index is 0.435. The van der Waals surface area contributed by atoms with E-state index in [0.717, 1.165) is 33.8 Å². The van der Waals surface area contributed by atoms with Crippen molar-refractivity contribution in [1.29, 1.82) is 0 Å². The topological polar surface area (TPSA) is 48.2 Å². The number of benzene rings is 5. The number of aromatic nitrogens is 2. The zero-order valence-corrected chi connectivity index (χ0v) is 19.8. The van der Waals surface area contributed by atoms with Crippen LogP contribution in [0.2, 0.25) is 0 Å². The summed E-state index contributed by atoms with van der Waals surface area (Å²) in [6.45, 7) is 0. The normalized spacial score (nSPS) is 13.8. The van der Waals surface area contributed by atoms with Gasteiger partial charge in [0.25, 0.3) is 5.89 Å². The second-order valence-electron chi connectivity index (χ2n) is 9.40. The van der Waals surface area contributed by atoms with E-state index in [1.54, 1.807) is 0 Å². The molecule has 0 bridgehead atoms. The average molecular weight is 477 g/mol. The molecule has 0 unspecified atom stereocenters. The maximum Gasteiger partial charge on any atom is 0.251 e. The minimum atomic E-state index is -0.518. The molecule has 6 aromatic rings. The Morgan fingerprint density at radius 3 is 1.78 bits per heavy atom. The van der Waals surface area contributed by atoms with E-state index in [1.165, 1.54) is 22.3 Å². The summed E-state index contributed by atoms with van der Waals surface area (Å²) in [7, 11) is 0. The Balaban J connectivity index is 1.43. The van der Waals surface area contributed by atoms with E-state index in [4.69, 9.17) is 9.15 Å². The molecule has 4 heteroatoms. The van der Waals surface area contributed by atoms with Crippen LogP contribution in [0.25, 0.3) is 34.0 Å². The highest BCUT2D eigenvalue weighted by molar-refractivity contribution is 5.89. The van der Waals surface area contributed by atoms with Crippen LogP contribution in [-0.4, -0.2) is 10.2 Å². The van der Waals surface area contributed by atoms with E-state index in [-0.39, 0.29) is 0 Å². The molecule has 0 amide bonds. The summed E-state index contributed by atoms with van der Waals surface area (Å²) in [6, 6.07) is 41.8. The first kappa shape index (κ1) is 20.3. The smallest absolute Gasteiger partial charge is 0.251 e. The summed E-state index contributed by atoms with van der Waals surface area (Å²) in [4.78, 5) is 0. The van der Waals surface area contributed by atoms with Crippen LogP contribution in [0.3, 0.4) is 0 Å². The Morgan fingerprint density at radius 1 is 0.459 bits per heavy atom. The molecule has 0 saturated carbocycles. The van der Waals surface area contributed by atoms with Gasteiger partial charge in [-0.15, -0.1) is 10.2 Å². The molecule has 4 nitrogen and oxygen atoms in total. The van der Waals surface area contributed by atoms with Crippen LogP contribution in [0, 0.1) is 0 Å². The Kier molecular flexibility index (Phi) is 4.12. The number of fused-ring (bicyclic) bond motifs is 9. The third-order valence-electron chi connectivity index (χ3n) is 7.55. The first-order valence-electron chi connectivity index (χ1n) is 12.4. The fourth-order valence-electron chi connectivity index (χ4n) is 6.08. The lowest BCUT2D eigenvalue weighted by Gasteiger charge is -2.39. The summed E-state index contributed by atoms with van der Waals surface area (Å²) in [5.74, 6) is 2.49. The van der Waals surface area contributed by atoms with Crippen LogP contribution in [0.1, 0.15) is 22.3 Å². The van der Waals surface area contributed by atoms with Crippen LogP contribution in [0.4, 0.5) is 0 Å². The number of hydrogen-bond donors (Lipinski definition) is 0. The van der Waals surface area contributed by atoms with Gasteiger partial charge < -0.3 is 9.15 Å². The van der Waals surface area contributed by atoms with Gasteiger partial charge in [0, 0.05) is 16.7 Å². The molecule has 0 fully saturated rings. The van der Waals surface area contributed by atoms with Crippen molar-refractivity contribution in [3.05, 3.63) is 144 Å². The van der Waals surface area contributed by atoms with Gasteiger partial charge in [0.15, 0.2) is 0 Å². The molecule has 0 radical (unpaired) electrons. The van der Waals surface area contributed by atoms with Crippen LogP contribution in [-0.2, 0) is 5.41 Å². The van der Waals surface area contributed by atoms with E-state index < -0.39 is 5.41 Å². The van der Waals surface area contributed by atoms with E-state index in [1.807, 2.05) is 48.5 Å². The van der Waals surface area contributed by atoms with Crippen LogP contribution in [0.5, 0.6) is 11.5 Å². The standard InChI is InChI=1S/C33H20N2O2/c1-2-11-21(12-3-1)31-34-35-32(37-31)24-15-10-19-28-30(24)36-29-20-9-8-18-27(29)33(28)25-16-6-4-13-22(25)23-14-5-7-17-26(23)33/h1-20H. The Bertz CT molecular complexity index is 1770. The van der Waals surface area contributed by atoms with Crippen molar-refractivity contribution < 1.29 is 9.15 Å². The van der Waals surface area contributed by atoms with E-state index >= 15 is 0 Å². The molecule has 2 aliphatic rings. The van der Waals surface area contributed by atoms with Crippen LogP contribution < -0.4 is 4.74 Å². The van der Waals surface area contributed by atoms with Crippen molar-refractivity contribution in [3.8, 4) is 45.5 Å². The highest BCUT2D eigenvalue weighted by atomic mass is 16.5. The SMILES string of the molecule is c1ccc(-c2nnc(-c3cccc4c3Oc3ccccc3C43c4ccccc4-c4ccccc43)o2)cc1. The predicted molar refractivity (Wildman–Crippen MR) is 143 cm³/mol. The average Bonchev–Trinajstić information content (AvgIpc) is 3.57. The predicted octanol–water partition coefficient (Wildman–Crippen LogP) is 7.87. The minimum Gasteiger partial charge on any atom is -0.456 e. The Labute approximate surface area is 213 Å². The van der Waals surface area contributed by atoms with Gasteiger partial charge >= 0.3 is 0 Å². The van der Waals surface area contributed by atoms with Crippen LogP contribution >= 0.6 is 0 Å². The van der Waals surface area contributed by atoms with Crippen molar-refractivity contribution >= 4 is 0 Å². The lowest BCUT2D eigenvalue weighted by atomic mass is 9.66. The first-order valence-corrected chi connectivity index (χ1v) is 12.4. The monoisotopic (exact) mass is 476 g/mol. The molecule has 0 atom stereocenters. The van der Waals surface area contributed by atoms with Gasteiger partial charge in [-0.3, -0.25) is 0 Å². The molecule has 0 saturated heterocycles. The number of ether oxygens (including phenoxy) is 1. The summed E-state index contributed by atoms with van der Waals surface area (Å²) < 4.78 is 12.9.